The topological polar surface area (TPSA) is 0 Å². The highest BCUT2D eigenvalue weighted by molar-refractivity contribution is 9.09. The molecule has 0 saturated heterocycles. The van der Waals surface area contributed by atoms with Crippen LogP contribution in [-0.2, 0) is 6.42 Å². The van der Waals surface area contributed by atoms with Crippen LogP contribution in [0.2, 0.25) is 0 Å². The fraction of sp³-hybridized carbons (Fsp3) is 0.538. The average Bonchev–Trinajstić information content (AvgIpc) is 2.23. The van der Waals surface area contributed by atoms with Gasteiger partial charge in [-0.05, 0) is 29.9 Å². The van der Waals surface area contributed by atoms with Gasteiger partial charge in [-0.25, -0.2) is 0 Å². The molecule has 0 aliphatic heterocycles. The molecule has 0 bridgehead atoms. The first kappa shape index (κ1) is 11.8. The normalized spacial score (nSPS) is 12.8. The number of hydrogen-bond donors (Lipinski definition) is 0. The van der Waals surface area contributed by atoms with Gasteiger partial charge in [0.2, 0.25) is 0 Å². The second-order valence-corrected chi connectivity index (χ2v) is 4.40. The lowest BCUT2D eigenvalue weighted by atomic mass is 9.97. The number of alkyl halides is 1. The summed E-state index contributed by atoms with van der Waals surface area (Å²) in [6, 6.07) is 9.09. The zero-order valence-corrected chi connectivity index (χ0v) is 10.7. The summed E-state index contributed by atoms with van der Waals surface area (Å²) in [6.07, 6.45) is 3.64. The first-order valence-corrected chi connectivity index (χ1v) is 6.58. The minimum atomic E-state index is 0.672. The molecule has 0 aliphatic rings. The van der Waals surface area contributed by atoms with E-state index in [0.717, 1.165) is 5.33 Å². The summed E-state index contributed by atoms with van der Waals surface area (Å²) >= 11 is 3.56. The lowest BCUT2D eigenvalue weighted by molar-refractivity contribution is 0.748. The summed E-state index contributed by atoms with van der Waals surface area (Å²) in [5.41, 5.74) is 2.92. The van der Waals surface area contributed by atoms with Crippen LogP contribution in [0.5, 0.6) is 0 Å². The minimum absolute atomic E-state index is 0.672. The predicted molar refractivity (Wildman–Crippen MR) is 67.3 cm³/mol. The van der Waals surface area contributed by atoms with Crippen LogP contribution in [0.25, 0.3) is 0 Å². The fourth-order valence-corrected chi connectivity index (χ4v) is 2.51. The van der Waals surface area contributed by atoms with Crippen molar-refractivity contribution in [2.45, 2.75) is 39.0 Å². The van der Waals surface area contributed by atoms with E-state index in [-0.39, 0.29) is 0 Å². The van der Waals surface area contributed by atoms with Gasteiger partial charge in [-0.1, -0.05) is 60.5 Å². The van der Waals surface area contributed by atoms with E-state index in [1.54, 1.807) is 0 Å². The minimum Gasteiger partial charge on any atom is -0.0921 e. The molecule has 1 heteroatoms. The highest BCUT2D eigenvalue weighted by Gasteiger charge is 2.06. The standard InChI is InChI=1S/C13H19Br/c1-3-5-11-6-8-13(9-7-11)12(4-2)10-14/h6-9,12H,3-5,10H2,1-2H3. The van der Waals surface area contributed by atoms with E-state index < -0.39 is 0 Å². The lowest BCUT2D eigenvalue weighted by Crippen LogP contribution is -1.98. The second kappa shape index (κ2) is 6.23. The SMILES string of the molecule is CCCc1ccc(C(CC)CBr)cc1. The first-order chi connectivity index (χ1) is 6.81. The van der Waals surface area contributed by atoms with Crippen molar-refractivity contribution >= 4 is 15.9 Å². The van der Waals surface area contributed by atoms with E-state index in [4.69, 9.17) is 0 Å². The van der Waals surface area contributed by atoms with Gasteiger partial charge in [-0.3, -0.25) is 0 Å². The van der Waals surface area contributed by atoms with Gasteiger partial charge in [0.05, 0.1) is 0 Å². The van der Waals surface area contributed by atoms with Crippen molar-refractivity contribution in [3.05, 3.63) is 35.4 Å². The molecule has 0 radical (unpaired) electrons. The molecule has 1 atom stereocenters. The maximum Gasteiger partial charge on any atom is 0.0100 e. The van der Waals surface area contributed by atoms with Gasteiger partial charge >= 0.3 is 0 Å². The molecule has 0 saturated carbocycles. The third-order valence-corrected chi connectivity index (χ3v) is 3.45. The molecule has 0 heterocycles. The fourth-order valence-electron chi connectivity index (χ4n) is 1.68. The van der Waals surface area contributed by atoms with Crippen LogP contribution in [0.3, 0.4) is 0 Å². The molecule has 14 heavy (non-hydrogen) atoms. The molecule has 1 aromatic rings. The summed E-state index contributed by atoms with van der Waals surface area (Å²) in [6.45, 7) is 4.47. The van der Waals surface area contributed by atoms with E-state index >= 15 is 0 Å². The van der Waals surface area contributed by atoms with Gasteiger partial charge in [0.25, 0.3) is 0 Å². The van der Waals surface area contributed by atoms with Gasteiger partial charge in [0, 0.05) is 5.33 Å². The lowest BCUT2D eigenvalue weighted by Gasteiger charge is -2.12. The highest BCUT2D eigenvalue weighted by Crippen LogP contribution is 2.22. The van der Waals surface area contributed by atoms with Crippen molar-refractivity contribution < 1.29 is 0 Å². The Morgan fingerprint density at radius 1 is 1.14 bits per heavy atom. The van der Waals surface area contributed by atoms with Gasteiger partial charge in [0.15, 0.2) is 0 Å². The van der Waals surface area contributed by atoms with E-state index in [0.29, 0.717) is 5.92 Å². The molecule has 0 N–H and O–H groups in total. The number of benzene rings is 1. The van der Waals surface area contributed by atoms with Crippen LogP contribution in [0, 0.1) is 0 Å². The largest absolute Gasteiger partial charge is 0.0921 e. The number of rotatable bonds is 5. The van der Waals surface area contributed by atoms with Crippen molar-refractivity contribution in [2.24, 2.45) is 0 Å². The molecule has 1 rings (SSSR count). The Balaban J connectivity index is 2.71. The second-order valence-electron chi connectivity index (χ2n) is 3.75. The van der Waals surface area contributed by atoms with Crippen molar-refractivity contribution in [3.63, 3.8) is 0 Å². The van der Waals surface area contributed by atoms with Gasteiger partial charge < -0.3 is 0 Å². The molecule has 0 aromatic heterocycles. The Hall–Kier alpha value is -0.300. The summed E-state index contributed by atoms with van der Waals surface area (Å²) < 4.78 is 0. The summed E-state index contributed by atoms with van der Waals surface area (Å²) in [5, 5.41) is 1.07. The van der Waals surface area contributed by atoms with Crippen LogP contribution in [0.4, 0.5) is 0 Å². The smallest absolute Gasteiger partial charge is 0.0100 e. The quantitative estimate of drug-likeness (QED) is 0.678. The molecule has 0 aliphatic carbocycles. The maximum atomic E-state index is 3.56. The predicted octanol–water partition coefficient (Wildman–Crippen LogP) is 4.53. The maximum absolute atomic E-state index is 3.56. The zero-order valence-electron chi connectivity index (χ0n) is 9.09. The van der Waals surface area contributed by atoms with E-state index in [1.807, 2.05) is 0 Å². The van der Waals surface area contributed by atoms with Crippen LogP contribution in [-0.4, -0.2) is 5.33 Å². The number of aryl methyl sites for hydroxylation is 1. The third kappa shape index (κ3) is 3.13. The van der Waals surface area contributed by atoms with E-state index in [1.165, 1.54) is 30.4 Å². The third-order valence-electron chi connectivity index (χ3n) is 2.67. The number of halogens is 1. The van der Waals surface area contributed by atoms with E-state index in [2.05, 4.69) is 54.0 Å². The number of hydrogen-bond acceptors (Lipinski definition) is 0. The van der Waals surface area contributed by atoms with Crippen molar-refractivity contribution in [1.29, 1.82) is 0 Å². The Kier molecular flexibility index (Phi) is 5.24. The highest BCUT2D eigenvalue weighted by atomic mass is 79.9. The van der Waals surface area contributed by atoms with E-state index in [9.17, 15) is 0 Å². The Bertz CT molecular complexity index is 246. The van der Waals surface area contributed by atoms with Crippen LogP contribution < -0.4 is 0 Å². The first-order valence-electron chi connectivity index (χ1n) is 5.46. The zero-order chi connectivity index (χ0) is 10.4. The molecule has 0 fully saturated rings. The van der Waals surface area contributed by atoms with Crippen LogP contribution >= 0.6 is 15.9 Å². The molecular formula is C13H19Br. The summed E-state index contributed by atoms with van der Waals surface area (Å²) in [4.78, 5) is 0. The average molecular weight is 255 g/mol. The molecular weight excluding hydrogens is 236 g/mol. The van der Waals surface area contributed by atoms with Gasteiger partial charge in [0.1, 0.15) is 0 Å². The Morgan fingerprint density at radius 3 is 2.21 bits per heavy atom. The molecule has 1 unspecified atom stereocenters. The van der Waals surface area contributed by atoms with Crippen LogP contribution in [0.15, 0.2) is 24.3 Å². The van der Waals surface area contributed by atoms with Crippen LogP contribution in [0.1, 0.15) is 43.7 Å². The molecule has 0 amide bonds. The molecule has 78 valence electrons. The Labute approximate surface area is 95.9 Å². The van der Waals surface area contributed by atoms with Crippen molar-refractivity contribution in [2.75, 3.05) is 5.33 Å². The van der Waals surface area contributed by atoms with Crippen molar-refractivity contribution in [1.82, 2.24) is 0 Å². The monoisotopic (exact) mass is 254 g/mol. The molecule has 0 spiro atoms. The van der Waals surface area contributed by atoms with Gasteiger partial charge in [-0.15, -0.1) is 0 Å². The summed E-state index contributed by atoms with van der Waals surface area (Å²) in [5.74, 6) is 0.672. The molecule has 0 nitrogen and oxygen atoms in total. The Morgan fingerprint density at radius 2 is 1.79 bits per heavy atom. The summed E-state index contributed by atoms with van der Waals surface area (Å²) in [7, 11) is 0. The van der Waals surface area contributed by atoms with Crippen molar-refractivity contribution in [3.8, 4) is 0 Å². The molecule has 1 aromatic carbocycles. The van der Waals surface area contributed by atoms with Gasteiger partial charge in [-0.2, -0.15) is 0 Å².